The number of hydrogen-bond acceptors (Lipinski definition) is 7. The molecule has 4 bridgehead atoms. The molecule has 8 nitrogen and oxygen atoms in total. The van der Waals surface area contributed by atoms with Gasteiger partial charge in [-0.1, -0.05) is 69.7 Å². The summed E-state index contributed by atoms with van der Waals surface area (Å²) in [5, 5.41) is 7.78. The molecule has 1 saturated carbocycles. The number of para-hydroxylation sites is 1. The molecule has 2 saturated heterocycles. The molecule has 5 unspecified atom stereocenters. The normalized spacial score (nSPS) is 29.8. The summed E-state index contributed by atoms with van der Waals surface area (Å²) in [6.07, 6.45) is 4.04. The maximum Gasteiger partial charge on any atom is 0.216 e. The second-order valence-corrected chi connectivity index (χ2v) is 16.8. The lowest BCUT2D eigenvalue weighted by molar-refractivity contribution is -0.0517. The summed E-state index contributed by atoms with van der Waals surface area (Å²) >= 11 is 0. The third-order valence-corrected chi connectivity index (χ3v) is 11.8. The first kappa shape index (κ1) is 32.5. The molecule has 0 spiro atoms. The molecule has 3 aliphatic rings. The van der Waals surface area contributed by atoms with Crippen LogP contribution in [-0.4, -0.2) is 55.3 Å². The smallest absolute Gasteiger partial charge is 0.216 e. The fourth-order valence-corrected chi connectivity index (χ4v) is 9.46. The van der Waals surface area contributed by atoms with E-state index in [1.54, 1.807) is 0 Å². The standard InChI is InChI=1S/C36H51N5O3S/c1-24-10-8-11-25(2)34(24)32-19-33-39-35(38-32)40-45(42,43)30-14-9-12-26(18-30)21-41(29(23-44-33)20-36(3,4)5)22-28-17-16-27-13-6-7-15-31(27)37-28/h6-8,10-11,13,15-17,26,29-30,32-33,35,38-40H,9,12,14,18-23H2,1-5H3/t26?,29-,30?,32?,33?,35?/m1/s1. The molecule has 9 heteroatoms. The van der Waals surface area contributed by atoms with Gasteiger partial charge in [-0.05, 0) is 79.7 Å². The predicted octanol–water partition coefficient (Wildman–Crippen LogP) is 5.90. The molecule has 45 heavy (non-hydrogen) atoms. The number of aromatic nitrogens is 1. The molecule has 3 aromatic rings. The lowest BCUT2D eigenvalue weighted by Crippen LogP contribution is -2.64. The van der Waals surface area contributed by atoms with Crippen molar-refractivity contribution in [2.75, 3.05) is 13.2 Å². The summed E-state index contributed by atoms with van der Waals surface area (Å²) in [4.78, 5) is 7.60. The van der Waals surface area contributed by atoms with Crippen molar-refractivity contribution in [1.82, 2.24) is 25.2 Å². The van der Waals surface area contributed by atoms with Gasteiger partial charge in [0.1, 0.15) is 12.5 Å². The van der Waals surface area contributed by atoms with Crippen molar-refractivity contribution in [3.8, 4) is 0 Å². The highest BCUT2D eigenvalue weighted by molar-refractivity contribution is 7.90. The van der Waals surface area contributed by atoms with E-state index >= 15 is 0 Å². The molecule has 0 radical (unpaired) electrons. The highest BCUT2D eigenvalue weighted by Gasteiger charge is 2.39. The largest absolute Gasteiger partial charge is 0.362 e. The Morgan fingerprint density at radius 2 is 1.73 bits per heavy atom. The molecule has 3 N–H and O–H groups in total. The zero-order valence-electron chi connectivity index (χ0n) is 27.6. The lowest BCUT2D eigenvalue weighted by Gasteiger charge is -2.41. The van der Waals surface area contributed by atoms with Crippen molar-refractivity contribution in [2.24, 2.45) is 11.3 Å². The number of ether oxygens (including phenoxy) is 1. The minimum absolute atomic E-state index is 0.0478. The van der Waals surface area contributed by atoms with Crippen molar-refractivity contribution in [3.05, 3.63) is 77.0 Å². The number of nitrogens with zero attached hydrogens (tertiary/aromatic N) is 2. The monoisotopic (exact) mass is 633 g/mol. The van der Waals surface area contributed by atoms with E-state index in [0.29, 0.717) is 32.4 Å². The number of fused-ring (bicyclic) bond motifs is 5. The van der Waals surface area contributed by atoms with Crippen molar-refractivity contribution in [2.45, 2.75) is 110 Å². The van der Waals surface area contributed by atoms with Gasteiger partial charge in [0.25, 0.3) is 0 Å². The second kappa shape index (κ2) is 13.4. The third kappa shape index (κ3) is 7.95. The molecule has 1 aliphatic carbocycles. The summed E-state index contributed by atoms with van der Waals surface area (Å²) in [5.74, 6) is 0.284. The van der Waals surface area contributed by atoms with E-state index in [9.17, 15) is 8.42 Å². The van der Waals surface area contributed by atoms with Crippen LogP contribution in [0.1, 0.15) is 87.7 Å². The second-order valence-electron chi connectivity index (χ2n) is 14.8. The van der Waals surface area contributed by atoms with E-state index in [2.05, 4.69) is 97.3 Å². The third-order valence-electron chi connectivity index (χ3n) is 9.88. The highest BCUT2D eigenvalue weighted by atomic mass is 32.2. The number of hydrogen-bond donors (Lipinski definition) is 3. The van der Waals surface area contributed by atoms with Gasteiger partial charge in [0, 0.05) is 37.0 Å². The van der Waals surface area contributed by atoms with Gasteiger partial charge in [0.05, 0.1) is 23.1 Å². The van der Waals surface area contributed by atoms with Crippen molar-refractivity contribution >= 4 is 20.9 Å². The molecular formula is C36H51N5O3S. The fourth-order valence-electron chi connectivity index (χ4n) is 7.80. The van der Waals surface area contributed by atoms with Crippen LogP contribution >= 0.6 is 0 Å². The number of pyridine rings is 1. The Balaban J connectivity index is 1.35. The average Bonchev–Trinajstić information content (AvgIpc) is 2.98. The molecular weight excluding hydrogens is 582 g/mol. The van der Waals surface area contributed by atoms with Crippen molar-refractivity contribution in [1.29, 1.82) is 0 Å². The number of rotatable bonds is 4. The Morgan fingerprint density at radius 1 is 0.956 bits per heavy atom. The Kier molecular flexibility index (Phi) is 9.67. The van der Waals surface area contributed by atoms with E-state index in [-0.39, 0.29) is 29.6 Å². The molecule has 0 amide bonds. The Bertz CT molecular complexity index is 1570. The summed E-state index contributed by atoms with van der Waals surface area (Å²) in [6.45, 7) is 13.2. The summed E-state index contributed by atoms with van der Waals surface area (Å²) in [5.41, 5.74) is 5.73. The first-order valence-electron chi connectivity index (χ1n) is 16.7. The predicted molar refractivity (Wildman–Crippen MR) is 181 cm³/mol. The maximum absolute atomic E-state index is 13.9. The fraction of sp³-hybridized carbons (Fsp3) is 0.583. The Hall–Kier alpha value is -2.40. The van der Waals surface area contributed by atoms with E-state index < -0.39 is 21.6 Å². The molecule has 3 fully saturated rings. The molecule has 3 heterocycles. The molecule has 6 rings (SSSR count). The average molecular weight is 634 g/mol. The molecule has 1 aromatic heterocycles. The first-order chi connectivity index (χ1) is 21.4. The van der Waals surface area contributed by atoms with Crippen LogP contribution in [0.5, 0.6) is 0 Å². The molecule has 6 atom stereocenters. The van der Waals surface area contributed by atoms with Gasteiger partial charge in [0.2, 0.25) is 10.0 Å². The quantitative estimate of drug-likeness (QED) is 0.329. The van der Waals surface area contributed by atoms with Gasteiger partial charge < -0.3 is 4.74 Å². The van der Waals surface area contributed by atoms with Gasteiger partial charge in [0.15, 0.2) is 0 Å². The van der Waals surface area contributed by atoms with Gasteiger partial charge >= 0.3 is 0 Å². The van der Waals surface area contributed by atoms with Gasteiger partial charge in [-0.3, -0.25) is 20.5 Å². The highest BCUT2D eigenvalue weighted by Crippen LogP contribution is 2.34. The number of benzene rings is 2. The van der Waals surface area contributed by atoms with E-state index in [1.165, 1.54) is 16.7 Å². The topological polar surface area (TPSA) is 95.6 Å². The van der Waals surface area contributed by atoms with E-state index in [4.69, 9.17) is 9.72 Å². The summed E-state index contributed by atoms with van der Waals surface area (Å²) in [7, 11) is -3.58. The van der Waals surface area contributed by atoms with Crippen molar-refractivity contribution < 1.29 is 13.2 Å². The minimum Gasteiger partial charge on any atom is -0.362 e. The van der Waals surface area contributed by atoms with Crippen LogP contribution in [-0.2, 0) is 21.3 Å². The number of aryl methyl sites for hydroxylation is 2. The van der Waals surface area contributed by atoms with Gasteiger partial charge in [-0.2, -0.15) is 4.72 Å². The van der Waals surface area contributed by atoms with E-state index in [0.717, 1.165) is 42.4 Å². The Morgan fingerprint density at radius 3 is 2.51 bits per heavy atom. The summed E-state index contributed by atoms with van der Waals surface area (Å²) < 4.78 is 37.6. The van der Waals surface area contributed by atoms with Crippen LogP contribution < -0.4 is 15.4 Å². The number of sulfonamides is 1. The SMILES string of the molecule is Cc1cccc(C)c1C1CC2NC(N1)NS(=O)(=O)C1CCCC(C1)CN(Cc1ccc3ccccc3n1)[C@H](CC(C)(C)C)CO2. The molecule has 2 aromatic carbocycles. The maximum atomic E-state index is 13.9. The summed E-state index contributed by atoms with van der Waals surface area (Å²) in [6, 6.07) is 19.0. The number of nitrogens with one attached hydrogen (secondary N) is 3. The first-order valence-corrected chi connectivity index (χ1v) is 18.3. The van der Waals surface area contributed by atoms with Gasteiger partial charge in [-0.15, -0.1) is 0 Å². The zero-order valence-corrected chi connectivity index (χ0v) is 28.4. The minimum atomic E-state index is -3.58. The van der Waals surface area contributed by atoms with Crippen LogP contribution in [0.15, 0.2) is 54.6 Å². The van der Waals surface area contributed by atoms with Crippen LogP contribution in [0.25, 0.3) is 10.9 Å². The zero-order chi connectivity index (χ0) is 31.8. The Labute approximate surface area is 269 Å². The van der Waals surface area contributed by atoms with Crippen LogP contribution in [0.3, 0.4) is 0 Å². The van der Waals surface area contributed by atoms with Crippen molar-refractivity contribution in [3.63, 3.8) is 0 Å². The van der Waals surface area contributed by atoms with Crippen LogP contribution in [0, 0.1) is 25.2 Å². The van der Waals surface area contributed by atoms with E-state index in [1.807, 2.05) is 12.1 Å². The lowest BCUT2D eigenvalue weighted by atomic mass is 9.85. The van der Waals surface area contributed by atoms with Crippen LogP contribution in [0.2, 0.25) is 0 Å². The van der Waals surface area contributed by atoms with Crippen LogP contribution in [0.4, 0.5) is 0 Å². The van der Waals surface area contributed by atoms with Gasteiger partial charge in [-0.25, -0.2) is 8.42 Å². The molecule has 244 valence electrons. The molecule has 2 aliphatic heterocycles.